The molecule has 0 unspecified atom stereocenters. The fourth-order valence-electron chi connectivity index (χ4n) is 2.08. The van der Waals surface area contributed by atoms with Crippen molar-refractivity contribution in [3.8, 4) is 0 Å². The second kappa shape index (κ2) is 7.70. The van der Waals surface area contributed by atoms with Gasteiger partial charge in [-0.15, -0.1) is 11.3 Å². The molecule has 0 radical (unpaired) electrons. The van der Waals surface area contributed by atoms with E-state index >= 15 is 0 Å². The fraction of sp³-hybridized carbons (Fsp3) is 0.312. The number of amides is 1. The number of aryl methyl sites for hydroxylation is 1. The molecule has 0 saturated heterocycles. The van der Waals surface area contributed by atoms with Gasteiger partial charge in [-0.25, -0.2) is 12.8 Å². The number of carbonyl (C=O) groups is 1. The monoisotopic (exact) mass is 355 g/mol. The largest absolute Gasteiger partial charge is 0.352 e. The molecular weight excluding hydrogens is 337 g/mol. The van der Waals surface area contributed by atoms with E-state index in [4.69, 9.17) is 0 Å². The van der Waals surface area contributed by atoms with E-state index in [1.807, 2.05) is 17.5 Å². The molecule has 0 fully saturated rings. The summed E-state index contributed by atoms with van der Waals surface area (Å²) in [5.74, 6) is -0.706. The average molecular weight is 355 g/mol. The van der Waals surface area contributed by atoms with Crippen LogP contribution in [0.3, 0.4) is 0 Å². The van der Waals surface area contributed by atoms with Gasteiger partial charge in [-0.1, -0.05) is 6.07 Å². The molecule has 2 rings (SSSR count). The van der Waals surface area contributed by atoms with Crippen LogP contribution in [0.25, 0.3) is 0 Å². The molecular formula is C16H18FNO3S2. The number of nitrogens with one attached hydrogen (secondary N) is 1. The summed E-state index contributed by atoms with van der Waals surface area (Å²) in [4.78, 5) is 13.1. The first-order chi connectivity index (χ1) is 10.9. The number of halogens is 1. The molecule has 0 saturated carbocycles. The van der Waals surface area contributed by atoms with Gasteiger partial charge < -0.3 is 5.32 Å². The molecule has 0 aliphatic carbocycles. The third kappa shape index (κ3) is 5.44. The van der Waals surface area contributed by atoms with Gasteiger partial charge >= 0.3 is 0 Å². The molecule has 0 aliphatic rings. The topological polar surface area (TPSA) is 63.2 Å². The SMILES string of the molecule is CS(=O)(=O)c1ccc(F)c(CNC(=O)CCCc2cccs2)c1. The number of rotatable bonds is 7. The van der Waals surface area contributed by atoms with Gasteiger partial charge in [0.2, 0.25) is 5.91 Å². The highest BCUT2D eigenvalue weighted by molar-refractivity contribution is 7.90. The summed E-state index contributed by atoms with van der Waals surface area (Å²) in [7, 11) is -3.40. The lowest BCUT2D eigenvalue weighted by Gasteiger charge is -2.08. The van der Waals surface area contributed by atoms with Crippen molar-refractivity contribution in [2.24, 2.45) is 0 Å². The Kier molecular flexibility index (Phi) is 5.90. The quantitative estimate of drug-likeness (QED) is 0.777. The van der Waals surface area contributed by atoms with E-state index in [1.54, 1.807) is 11.3 Å². The normalized spacial score (nSPS) is 11.4. The molecule has 2 aromatic rings. The van der Waals surface area contributed by atoms with Crippen LogP contribution in [0.15, 0.2) is 40.6 Å². The summed E-state index contributed by atoms with van der Waals surface area (Å²) in [6.45, 7) is -0.0208. The van der Waals surface area contributed by atoms with Crippen molar-refractivity contribution in [3.05, 3.63) is 52.0 Å². The Balaban J connectivity index is 1.86. The first-order valence-corrected chi connectivity index (χ1v) is 9.91. The minimum Gasteiger partial charge on any atom is -0.352 e. The van der Waals surface area contributed by atoms with Crippen molar-refractivity contribution in [1.82, 2.24) is 5.32 Å². The second-order valence-corrected chi connectivity index (χ2v) is 8.28. The molecule has 1 heterocycles. The minimum atomic E-state index is -3.40. The number of carbonyl (C=O) groups excluding carboxylic acids is 1. The molecule has 4 nitrogen and oxygen atoms in total. The molecule has 0 spiro atoms. The Morgan fingerprint density at radius 3 is 2.74 bits per heavy atom. The summed E-state index contributed by atoms with van der Waals surface area (Å²) < 4.78 is 36.7. The van der Waals surface area contributed by atoms with E-state index in [9.17, 15) is 17.6 Å². The molecule has 1 N–H and O–H groups in total. The molecule has 23 heavy (non-hydrogen) atoms. The van der Waals surface area contributed by atoms with E-state index in [-0.39, 0.29) is 22.9 Å². The van der Waals surface area contributed by atoms with Crippen molar-refractivity contribution >= 4 is 27.1 Å². The highest BCUT2D eigenvalue weighted by atomic mass is 32.2. The maximum atomic E-state index is 13.7. The maximum Gasteiger partial charge on any atom is 0.220 e. The van der Waals surface area contributed by atoms with Gasteiger partial charge in [0.25, 0.3) is 0 Å². The third-order valence-electron chi connectivity index (χ3n) is 3.33. The minimum absolute atomic E-state index is 0.0208. The zero-order valence-electron chi connectivity index (χ0n) is 12.7. The number of hydrogen-bond acceptors (Lipinski definition) is 4. The molecule has 0 bridgehead atoms. The Labute approximate surface area is 139 Å². The lowest BCUT2D eigenvalue weighted by atomic mass is 10.2. The van der Waals surface area contributed by atoms with Crippen LogP contribution in [0.2, 0.25) is 0 Å². The predicted molar refractivity (Wildman–Crippen MR) is 88.6 cm³/mol. The zero-order valence-corrected chi connectivity index (χ0v) is 14.3. The Bertz CT molecular complexity index is 771. The van der Waals surface area contributed by atoms with Crippen LogP contribution < -0.4 is 5.32 Å². The van der Waals surface area contributed by atoms with Crippen LogP contribution in [0.5, 0.6) is 0 Å². The van der Waals surface area contributed by atoms with Crippen molar-refractivity contribution in [2.45, 2.75) is 30.7 Å². The van der Waals surface area contributed by atoms with E-state index in [0.29, 0.717) is 6.42 Å². The smallest absolute Gasteiger partial charge is 0.220 e. The lowest BCUT2D eigenvalue weighted by Crippen LogP contribution is -2.23. The van der Waals surface area contributed by atoms with E-state index < -0.39 is 15.7 Å². The standard InChI is InChI=1S/C16H18FNO3S2/c1-23(20,21)14-7-8-15(17)12(10-14)11-18-16(19)6-2-4-13-5-3-9-22-13/h3,5,7-10H,2,4,6,11H2,1H3,(H,18,19). The maximum absolute atomic E-state index is 13.7. The van der Waals surface area contributed by atoms with Crippen molar-refractivity contribution < 1.29 is 17.6 Å². The summed E-state index contributed by atoms with van der Waals surface area (Å²) >= 11 is 1.65. The lowest BCUT2D eigenvalue weighted by molar-refractivity contribution is -0.121. The molecule has 1 aromatic carbocycles. The molecule has 0 atom stereocenters. The summed E-state index contributed by atoms with van der Waals surface area (Å²) in [6, 6.07) is 7.58. The molecule has 7 heteroatoms. The fourth-order valence-corrected chi connectivity index (χ4v) is 3.50. The number of thiophene rings is 1. The first kappa shape index (κ1) is 17.6. The van der Waals surface area contributed by atoms with Gasteiger partial charge in [0.15, 0.2) is 9.84 Å². The van der Waals surface area contributed by atoms with Gasteiger partial charge in [0.1, 0.15) is 5.82 Å². The van der Waals surface area contributed by atoms with Gasteiger partial charge in [-0.2, -0.15) is 0 Å². The van der Waals surface area contributed by atoms with Gasteiger partial charge in [0, 0.05) is 29.7 Å². The summed E-state index contributed by atoms with van der Waals surface area (Å²) in [5.41, 5.74) is 0.166. The van der Waals surface area contributed by atoms with Crippen LogP contribution in [-0.4, -0.2) is 20.6 Å². The average Bonchev–Trinajstić information content (AvgIpc) is 2.98. The van der Waals surface area contributed by atoms with Crippen LogP contribution in [0, 0.1) is 5.82 Å². The van der Waals surface area contributed by atoms with Crippen LogP contribution in [0.4, 0.5) is 4.39 Å². The van der Waals surface area contributed by atoms with Crippen molar-refractivity contribution in [2.75, 3.05) is 6.26 Å². The predicted octanol–water partition coefficient (Wildman–Crippen LogP) is 2.93. The van der Waals surface area contributed by atoms with Crippen LogP contribution >= 0.6 is 11.3 Å². The molecule has 1 amide bonds. The molecule has 0 aliphatic heterocycles. The summed E-state index contributed by atoms with van der Waals surface area (Å²) in [5, 5.41) is 4.62. The van der Waals surface area contributed by atoms with Gasteiger partial charge in [-0.05, 0) is 42.5 Å². The molecule has 124 valence electrons. The van der Waals surface area contributed by atoms with E-state index in [0.717, 1.165) is 25.2 Å². The van der Waals surface area contributed by atoms with Crippen LogP contribution in [0.1, 0.15) is 23.3 Å². The Morgan fingerprint density at radius 2 is 2.09 bits per heavy atom. The highest BCUT2D eigenvalue weighted by Crippen LogP contribution is 2.15. The Morgan fingerprint density at radius 1 is 1.30 bits per heavy atom. The van der Waals surface area contributed by atoms with Gasteiger partial charge in [0.05, 0.1) is 4.90 Å². The number of sulfone groups is 1. The number of benzene rings is 1. The van der Waals surface area contributed by atoms with Crippen molar-refractivity contribution in [3.63, 3.8) is 0 Å². The summed E-state index contributed by atoms with van der Waals surface area (Å²) in [6.07, 6.45) is 2.97. The van der Waals surface area contributed by atoms with Crippen LogP contribution in [-0.2, 0) is 27.6 Å². The first-order valence-electron chi connectivity index (χ1n) is 7.14. The van der Waals surface area contributed by atoms with E-state index in [1.165, 1.54) is 17.0 Å². The Hall–Kier alpha value is -1.73. The molecule has 1 aromatic heterocycles. The number of hydrogen-bond donors (Lipinski definition) is 1. The van der Waals surface area contributed by atoms with E-state index in [2.05, 4.69) is 5.32 Å². The van der Waals surface area contributed by atoms with Gasteiger partial charge in [-0.3, -0.25) is 4.79 Å². The second-order valence-electron chi connectivity index (χ2n) is 5.24. The highest BCUT2D eigenvalue weighted by Gasteiger charge is 2.12. The zero-order chi connectivity index (χ0) is 16.9. The van der Waals surface area contributed by atoms with Crippen molar-refractivity contribution in [1.29, 1.82) is 0 Å². The third-order valence-corrected chi connectivity index (χ3v) is 5.37.